The summed E-state index contributed by atoms with van der Waals surface area (Å²) >= 11 is 3.46. The number of aryl methyl sites for hydroxylation is 1. The number of ketones is 1. The number of aliphatic hydroxyl groups excluding tert-OH is 1. The van der Waals surface area contributed by atoms with Crippen molar-refractivity contribution in [2.45, 2.75) is 13.0 Å². The number of ether oxygens (including phenoxy) is 1. The lowest BCUT2D eigenvalue weighted by Crippen LogP contribution is -2.35. The van der Waals surface area contributed by atoms with E-state index in [1.807, 2.05) is 50.2 Å². The molecule has 0 bridgehead atoms. The second kappa shape index (κ2) is 9.02. The second-order valence-corrected chi connectivity index (χ2v) is 8.45. The summed E-state index contributed by atoms with van der Waals surface area (Å²) in [6.07, 6.45) is 0. The number of halogens is 1. The number of Topliss-reactive ketones (excluding diaryl/α,β-unsaturated/α-hetero) is 1. The minimum absolute atomic E-state index is 0.0985. The number of rotatable bonds is 6. The van der Waals surface area contributed by atoms with Crippen LogP contribution in [0.15, 0.2) is 52.5 Å². The molecule has 6 nitrogen and oxygen atoms in total. The number of hydrogen-bond donors (Lipinski definition) is 1. The van der Waals surface area contributed by atoms with Gasteiger partial charge in [-0.15, -0.1) is 0 Å². The molecule has 158 valence electrons. The predicted molar refractivity (Wildman–Crippen MR) is 119 cm³/mol. The highest BCUT2D eigenvalue weighted by molar-refractivity contribution is 9.10. The van der Waals surface area contributed by atoms with Crippen LogP contribution in [0.3, 0.4) is 0 Å². The SMILES string of the molecule is COc1ccc(/C(O)=C2/C(=O)C(=O)N(CCN(C)C)C2c2cccc(Br)c2)cc1C. The molecule has 7 heteroatoms. The Balaban J connectivity index is 2.16. The average molecular weight is 473 g/mol. The van der Waals surface area contributed by atoms with Crippen molar-refractivity contribution in [1.82, 2.24) is 9.80 Å². The van der Waals surface area contributed by atoms with Gasteiger partial charge in [0.25, 0.3) is 11.7 Å². The quantitative estimate of drug-likeness (QED) is 0.393. The zero-order valence-electron chi connectivity index (χ0n) is 17.5. The highest BCUT2D eigenvalue weighted by Gasteiger charge is 2.45. The number of aliphatic hydroxyl groups is 1. The number of methoxy groups -OCH3 is 1. The third kappa shape index (κ3) is 4.27. The van der Waals surface area contributed by atoms with Crippen molar-refractivity contribution in [3.05, 3.63) is 69.2 Å². The lowest BCUT2D eigenvalue weighted by Gasteiger charge is -2.26. The number of likely N-dealkylation sites (N-methyl/N-ethyl adjacent to an activating group) is 1. The van der Waals surface area contributed by atoms with Crippen LogP contribution in [-0.4, -0.2) is 60.9 Å². The third-order valence-corrected chi connectivity index (χ3v) is 5.65. The van der Waals surface area contributed by atoms with Crippen LogP contribution in [0.5, 0.6) is 5.75 Å². The molecule has 1 N–H and O–H groups in total. The van der Waals surface area contributed by atoms with Crippen LogP contribution in [0, 0.1) is 6.92 Å². The van der Waals surface area contributed by atoms with Crippen LogP contribution in [-0.2, 0) is 9.59 Å². The van der Waals surface area contributed by atoms with Crippen LogP contribution in [0.2, 0.25) is 0 Å². The first-order valence-corrected chi connectivity index (χ1v) is 10.4. The number of amides is 1. The van der Waals surface area contributed by atoms with Crippen molar-refractivity contribution in [1.29, 1.82) is 0 Å². The number of carbonyl (C=O) groups is 2. The highest BCUT2D eigenvalue weighted by Crippen LogP contribution is 2.40. The molecule has 1 amide bonds. The number of nitrogens with zero attached hydrogens (tertiary/aromatic N) is 2. The molecule has 30 heavy (non-hydrogen) atoms. The molecule has 1 heterocycles. The molecular formula is C23H25BrN2O4. The lowest BCUT2D eigenvalue weighted by atomic mass is 9.95. The second-order valence-electron chi connectivity index (χ2n) is 7.54. The fraction of sp³-hybridized carbons (Fsp3) is 0.304. The maximum atomic E-state index is 13.0. The van der Waals surface area contributed by atoms with Crippen LogP contribution in [0.25, 0.3) is 5.76 Å². The van der Waals surface area contributed by atoms with E-state index in [9.17, 15) is 14.7 Å². The van der Waals surface area contributed by atoms with E-state index in [-0.39, 0.29) is 11.3 Å². The standard InChI is InChI=1S/C23H25BrN2O4/c1-14-12-16(8-9-18(14)30-4)21(27)19-20(15-6-5-7-17(24)13-15)26(11-10-25(2)3)23(29)22(19)28/h5-9,12-13,20,27H,10-11H2,1-4H3/b21-19-. The van der Waals surface area contributed by atoms with E-state index < -0.39 is 17.7 Å². The number of hydrogen-bond acceptors (Lipinski definition) is 5. The van der Waals surface area contributed by atoms with E-state index in [1.54, 1.807) is 25.3 Å². The number of likely N-dealkylation sites (tertiary alicyclic amines) is 1. The Kier molecular flexibility index (Phi) is 6.63. The molecular weight excluding hydrogens is 448 g/mol. The van der Waals surface area contributed by atoms with Crippen LogP contribution < -0.4 is 4.74 Å². The zero-order valence-corrected chi connectivity index (χ0v) is 19.1. The fourth-order valence-corrected chi connectivity index (χ4v) is 4.04. The van der Waals surface area contributed by atoms with Gasteiger partial charge in [-0.25, -0.2) is 0 Å². The molecule has 0 aromatic heterocycles. The van der Waals surface area contributed by atoms with E-state index in [0.29, 0.717) is 24.4 Å². The van der Waals surface area contributed by atoms with Crippen molar-refractivity contribution in [2.75, 3.05) is 34.3 Å². The van der Waals surface area contributed by atoms with Crippen LogP contribution in [0.1, 0.15) is 22.7 Å². The van der Waals surface area contributed by atoms with Crippen molar-refractivity contribution >= 4 is 33.4 Å². The molecule has 1 aliphatic heterocycles. The molecule has 0 radical (unpaired) electrons. The molecule has 1 atom stereocenters. The Morgan fingerprint density at radius 3 is 2.53 bits per heavy atom. The summed E-state index contributed by atoms with van der Waals surface area (Å²) < 4.78 is 6.11. The van der Waals surface area contributed by atoms with E-state index in [4.69, 9.17) is 4.74 Å². The molecule has 0 aliphatic carbocycles. The summed E-state index contributed by atoms with van der Waals surface area (Å²) in [5.41, 5.74) is 2.15. The summed E-state index contributed by atoms with van der Waals surface area (Å²) in [5.74, 6) is -0.781. The first-order valence-electron chi connectivity index (χ1n) is 9.58. The van der Waals surface area contributed by atoms with Gasteiger partial charge in [-0.05, 0) is 62.5 Å². The van der Waals surface area contributed by atoms with Crippen LogP contribution in [0.4, 0.5) is 0 Å². The average Bonchev–Trinajstić information content (AvgIpc) is 2.96. The molecule has 0 saturated carbocycles. The summed E-state index contributed by atoms with van der Waals surface area (Å²) in [6, 6.07) is 12.0. The highest BCUT2D eigenvalue weighted by atomic mass is 79.9. The molecule has 1 saturated heterocycles. The zero-order chi connectivity index (χ0) is 22.0. The Labute approximate surface area is 184 Å². The molecule has 2 aromatic rings. The normalized spacial score (nSPS) is 18.3. The van der Waals surface area contributed by atoms with Gasteiger partial charge in [-0.1, -0.05) is 28.1 Å². The van der Waals surface area contributed by atoms with Crippen molar-refractivity contribution in [3.8, 4) is 5.75 Å². The van der Waals surface area contributed by atoms with Crippen molar-refractivity contribution < 1.29 is 19.4 Å². The third-order valence-electron chi connectivity index (χ3n) is 5.16. The van der Waals surface area contributed by atoms with Gasteiger partial charge in [0.15, 0.2) is 0 Å². The first kappa shape index (κ1) is 22.1. The van der Waals surface area contributed by atoms with Gasteiger partial charge < -0.3 is 19.6 Å². The minimum atomic E-state index is -0.676. The molecule has 1 aliphatic rings. The van der Waals surface area contributed by atoms with Crippen molar-refractivity contribution in [3.63, 3.8) is 0 Å². The van der Waals surface area contributed by atoms with Crippen molar-refractivity contribution in [2.24, 2.45) is 0 Å². The van der Waals surface area contributed by atoms with Gasteiger partial charge in [-0.2, -0.15) is 0 Å². The van der Waals surface area contributed by atoms with E-state index in [0.717, 1.165) is 15.6 Å². The predicted octanol–water partition coefficient (Wildman–Crippen LogP) is 3.75. The molecule has 1 unspecified atom stereocenters. The topological polar surface area (TPSA) is 70.1 Å². The Bertz CT molecular complexity index is 1020. The molecule has 2 aromatic carbocycles. The minimum Gasteiger partial charge on any atom is -0.507 e. The summed E-state index contributed by atoms with van der Waals surface area (Å²) in [5, 5.41) is 11.1. The van der Waals surface area contributed by atoms with E-state index in [1.165, 1.54) is 4.90 Å². The van der Waals surface area contributed by atoms with Crippen LogP contribution >= 0.6 is 15.9 Å². The van der Waals surface area contributed by atoms with Gasteiger partial charge in [0.1, 0.15) is 11.5 Å². The summed E-state index contributed by atoms with van der Waals surface area (Å²) in [7, 11) is 5.39. The number of benzene rings is 2. The van der Waals surface area contributed by atoms with Gasteiger partial charge >= 0.3 is 0 Å². The maximum Gasteiger partial charge on any atom is 0.295 e. The Morgan fingerprint density at radius 2 is 1.93 bits per heavy atom. The Hall–Kier alpha value is -2.64. The van der Waals surface area contributed by atoms with Gasteiger partial charge in [0.2, 0.25) is 0 Å². The molecule has 0 spiro atoms. The van der Waals surface area contributed by atoms with Gasteiger partial charge in [-0.3, -0.25) is 9.59 Å². The maximum absolute atomic E-state index is 13.0. The Morgan fingerprint density at radius 1 is 1.20 bits per heavy atom. The van der Waals surface area contributed by atoms with E-state index >= 15 is 0 Å². The van der Waals surface area contributed by atoms with Gasteiger partial charge in [0, 0.05) is 23.1 Å². The smallest absolute Gasteiger partial charge is 0.295 e. The summed E-state index contributed by atoms with van der Waals surface area (Å²) in [4.78, 5) is 29.4. The lowest BCUT2D eigenvalue weighted by molar-refractivity contribution is -0.140. The fourth-order valence-electron chi connectivity index (χ4n) is 3.62. The largest absolute Gasteiger partial charge is 0.507 e. The molecule has 3 rings (SSSR count). The first-order chi connectivity index (χ1) is 14.2. The monoisotopic (exact) mass is 472 g/mol. The van der Waals surface area contributed by atoms with Gasteiger partial charge in [0.05, 0.1) is 18.7 Å². The number of carbonyl (C=O) groups excluding carboxylic acids is 2. The molecule has 1 fully saturated rings. The summed E-state index contributed by atoms with van der Waals surface area (Å²) in [6.45, 7) is 2.82. The van der Waals surface area contributed by atoms with E-state index in [2.05, 4.69) is 15.9 Å².